The van der Waals surface area contributed by atoms with Gasteiger partial charge in [-0.25, -0.2) is 0 Å². The van der Waals surface area contributed by atoms with E-state index in [0.29, 0.717) is 17.0 Å². The molecule has 0 bridgehead atoms. The third-order valence-corrected chi connectivity index (χ3v) is 7.68. The van der Waals surface area contributed by atoms with Crippen molar-refractivity contribution >= 4 is 40.7 Å². The minimum absolute atomic E-state index is 0.604. The number of halogens is 2. The molecule has 3 aliphatic rings. The van der Waals surface area contributed by atoms with Crippen LogP contribution >= 0.6 is 35.0 Å². The van der Waals surface area contributed by atoms with Gasteiger partial charge in [-0.05, 0) is 67.6 Å². The van der Waals surface area contributed by atoms with Crippen molar-refractivity contribution in [1.82, 2.24) is 4.90 Å². The fraction of sp³-hybridized carbons (Fsp3) is 0.429. The number of hydrogen-bond donors (Lipinski definition) is 0. The molecule has 1 saturated heterocycles. The Bertz CT molecular complexity index is 869. The van der Waals surface area contributed by atoms with E-state index in [2.05, 4.69) is 35.0 Å². The van der Waals surface area contributed by atoms with Crippen molar-refractivity contribution in [2.45, 2.75) is 29.7 Å². The normalized spacial score (nSPS) is 25.0. The van der Waals surface area contributed by atoms with E-state index in [0.717, 1.165) is 17.1 Å². The van der Waals surface area contributed by atoms with E-state index in [4.69, 9.17) is 23.2 Å². The molecule has 3 heterocycles. The lowest BCUT2D eigenvalue weighted by atomic mass is 9.88. The molecule has 0 N–H and O–H groups in total. The Morgan fingerprint density at radius 2 is 2.00 bits per heavy atom. The van der Waals surface area contributed by atoms with Crippen molar-refractivity contribution in [3.8, 4) is 11.1 Å². The van der Waals surface area contributed by atoms with Gasteiger partial charge in [0, 0.05) is 45.6 Å². The number of anilines is 1. The molecule has 2 aromatic rings. The van der Waals surface area contributed by atoms with Crippen LogP contribution in [0.4, 0.5) is 5.69 Å². The number of hydrogen-bond acceptors (Lipinski definition) is 3. The number of nitrogens with zero attached hydrogens (tertiary/aromatic N) is 2. The predicted molar refractivity (Wildman–Crippen MR) is 113 cm³/mol. The number of likely N-dealkylation sites (N-methyl/N-ethyl adjacent to an activating group) is 1. The number of likely N-dealkylation sites (tertiary alicyclic amines) is 1. The van der Waals surface area contributed by atoms with E-state index in [1.54, 1.807) is 0 Å². The highest BCUT2D eigenvalue weighted by atomic mass is 35.5. The van der Waals surface area contributed by atoms with E-state index in [9.17, 15) is 0 Å². The van der Waals surface area contributed by atoms with Gasteiger partial charge in [-0.15, -0.1) is 11.8 Å². The minimum atomic E-state index is 0.604. The van der Waals surface area contributed by atoms with E-state index < -0.39 is 0 Å². The van der Waals surface area contributed by atoms with Gasteiger partial charge in [-0.1, -0.05) is 29.3 Å². The van der Waals surface area contributed by atoms with Gasteiger partial charge in [0.1, 0.15) is 0 Å². The van der Waals surface area contributed by atoms with Crippen molar-refractivity contribution in [2.24, 2.45) is 0 Å². The smallest absolute Gasteiger partial charge is 0.0544 e. The maximum absolute atomic E-state index is 6.54. The Morgan fingerprint density at radius 3 is 2.85 bits per heavy atom. The second kappa shape index (κ2) is 6.63. The molecule has 136 valence electrons. The lowest BCUT2D eigenvalue weighted by molar-refractivity contribution is 0.231. The standard InChI is InChI=1S/C21H22Cl2N2S/c1-24-7-5-19-17(12-24)16-9-13(15-4-3-14(22)11-18(15)23)10-20-21(16)25(19)6-2-8-26-20/h3-4,9-11,17,19H,2,5-8,12H2,1H3. The first-order valence-electron chi connectivity index (χ1n) is 9.33. The molecule has 0 amide bonds. The third-order valence-electron chi connectivity index (χ3n) is 6.01. The monoisotopic (exact) mass is 404 g/mol. The van der Waals surface area contributed by atoms with Gasteiger partial charge >= 0.3 is 0 Å². The van der Waals surface area contributed by atoms with Gasteiger partial charge in [-0.2, -0.15) is 0 Å². The van der Waals surface area contributed by atoms with E-state index in [1.807, 2.05) is 23.9 Å². The first kappa shape index (κ1) is 17.2. The zero-order valence-electron chi connectivity index (χ0n) is 14.8. The highest BCUT2D eigenvalue weighted by Gasteiger charge is 2.43. The van der Waals surface area contributed by atoms with Gasteiger partial charge in [0.15, 0.2) is 0 Å². The molecule has 0 radical (unpaired) electrons. The Morgan fingerprint density at radius 1 is 1.12 bits per heavy atom. The molecule has 5 rings (SSSR count). The Kier molecular flexibility index (Phi) is 4.40. The fourth-order valence-electron chi connectivity index (χ4n) is 4.85. The molecule has 26 heavy (non-hydrogen) atoms. The summed E-state index contributed by atoms with van der Waals surface area (Å²) >= 11 is 14.7. The molecule has 0 saturated carbocycles. The van der Waals surface area contributed by atoms with Gasteiger partial charge in [-0.3, -0.25) is 0 Å². The number of piperidine rings is 1. The van der Waals surface area contributed by atoms with Crippen LogP contribution in [0.25, 0.3) is 11.1 Å². The summed E-state index contributed by atoms with van der Waals surface area (Å²) in [5, 5.41) is 1.42. The fourth-order valence-corrected chi connectivity index (χ4v) is 6.44. The summed E-state index contributed by atoms with van der Waals surface area (Å²) in [6.45, 7) is 3.54. The first-order chi connectivity index (χ1) is 12.6. The molecule has 0 aromatic heterocycles. The topological polar surface area (TPSA) is 6.48 Å². The van der Waals surface area contributed by atoms with Crippen LogP contribution in [-0.2, 0) is 0 Å². The summed E-state index contributed by atoms with van der Waals surface area (Å²) in [4.78, 5) is 6.63. The average Bonchev–Trinajstić information content (AvgIpc) is 2.77. The van der Waals surface area contributed by atoms with Crippen LogP contribution < -0.4 is 4.90 Å². The number of benzene rings is 2. The quantitative estimate of drug-likeness (QED) is 0.595. The van der Waals surface area contributed by atoms with Gasteiger partial charge in [0.2, 0.25) is 0 Å². The molecule has 0 aliphatic carbocycles. The molecule has 2 unspecified atom stereocenters. The zero-order valence-corrected chi connectivity index (χ0v) is 17.2. The molecule has 2 nitrogen and oxygen atoms in total. The largest absolute Gasteiger partial charge is 0.367 e. The van der Waals surface area contributed by atoms with Crippen LogP contribution in [0.15, 0.2) is 35.2 Å². The van der Waals surface area contributed by atoms with Crippen molar-refractivity contribution in [3.63, 3.8) is 0 Å². The molecule has 2 aromatic carbocycles. The van der Waals surface area contributed by atoms with Crippen LogP contribution in [-0.4, -0.2) is 43.4 Å². The van der Waals surface area contributed by atoms with Crippen LogP contribution in [0.1, 0.15) is 24.3 Å². The van der Waals surface area contributed by atoms with Gasteiger partial charge in [0.05, 0.1) is 5.69 Å². The minimum Gasteiger partial charge on any atom is -0.367 e. The Hall–Kier alpha value is -0.870. The van der Waals surface area contributed by atoms with Crippen molar-refractivity contribution in [2.75, 3.05) is 37.3 Å². The average molecular weight is 405 g/mol. The Labute approximate surface area is 169 Å². The summed E-state index contributed by atoms with van der Waals surface area (Å²) in [5.41, 5.74) is 5.34. The summed E-state index contributed by atoms with van der Waals surface area (Å²) in [7, 11) is 2.25. The van der Waals surface area contributed by atoms with Crippen molar-refractivity contribution < 1.29 is 0 Å². The van der Waals surface area contributed by atoms with Crippen molar-refractivity contribution in [1.29, 1.82) is 0 Å². The zero-order chi connectivity index (χ0) is 17.8. The summed E-state index contributed by atoms with van der Waals surface area (Å²) in [6.07, 6.45) is 2.52. The maximum atomic E-state index is 6.54. The van der Waals surface area contributed by atoms with Gasteiger partial charge in [0.25, 0.3) is 0 Å². The van der Waals surface area contributed by atoms with E-state index in [-0.39, 0.29) is 0 Å². The molecule has 1 fully saturated rings. The molecule has 0 spiro atoms. The molecular formula is C21H22Cl2N2S. The summed E-state index contributed by atoms with van der Waals surface area (Å²) in [5.74, 6) is 1.80. The molecular weight excluding hydrogens is 383 g/mol. The van der Waals surface area contributed by atoms with Crippen molar-refractivity contribution in [3.05, 3.63) is 45.9 Å². The first-order valence-corrected chi connectivity index (χ1v) is 11.1. The van der Waals surface area contributed by atoms with Gasteiger partial charge < -0.3 is 9.80 Å². The second-order valence-corrected chi connectivity index (χ2v) is 9.64. The van der Waals surface area contributed by atoms with E-state index in [1.165, 1.54) is 53.4 Å². The lowest BCUT2D eigenvalue weighted by Crippen LogP contribution is -2.45. The van der Waals surface area contributed by atoms with Crippen LogP contribution in [0.5, 0.6) is 0 Å². The number of thioether (sulfide) groups is 1. The molecule has 2 atom stereocenters. The number of rotatable bonds is 1. The number of fused-ring (bicyclic) bond motifs is 3. The highest BCUT2D eigenvalue weighted by molar-refractivity contribution is 7.99. The molecule has 5 heteroatoms. The maximum Gasteiger partial charge on any atom is 0.0544 e. The summed E-state index contributed by atoms with van der Waals surface area (Å²) < 4.78 is 0. The van der Waals surface area contributed by atoms with Crippen LogP contribution in [0.3, 0.4) is 0 Å². The highest BCUT2D eigenvalue weighted by Crippen LogP contribution is 2.52. The SMILES string of the molecule is CN1CCC2C(C1)c1cc(-c3ccc(Cl)cc3Cl)cc3c1N2CCCS3. The molecule has 3 aliphatic heterocycles. The van der Waals surface area contributed by atoms with Crippen LogP contribution in [0.2, 0.25) is 10.0 Å². The lowest BCUT2D eigenvalue weighted by Gasteiger charge is -2.37. The summed E-state index contributed by atoms with van der Waals surface area (Å²) in [6, 6.07) is 11.2. The second-order valence-electron chi connectivity index (χ2n) is 7.66. The third kappa shape index (κ3) is 2.75. The van der Waals surface area contributed by atoms with E-state index >= 15 is 0 Å². The Balaban J connectivity index is 1.68. The predicted octanol–water partition coefficient (Wildman–Crippen LogP) is 5.76. The van der Waals surface area contributed by atoms with Crippen LogP contribution in [0, 0.1) is 0 Å².